The van der Waals surface area contributed by atoms with E-state index in [0.717, 1.165) is 32.4 Å². The molecule has 1 aliphatic heterocycles. The third-order valence-corrected chi connectivity index (χ3v) is 3.64. The van der Waals surface area contributed by atoms with Gasteiger partial charge in [-0.25, -0.2) is 0 Å². The molecule has 7 nitrogen and oxygen atoms in total. The van der Waals surface area contributed by atoms with Gasteiger partial charge in [0.25, 0.3) is 5.91 Å². The maximum atomic E-state index is 12.4. The van der Waals surface area contributed by atoms with E-state index >= 15 is 0 Å². The molecule has 116 valence electrons. The average molecular weight is 295 g/mol. The summed E-state index contributed by atoms with van der Waals surface area (Å²) in [5.74, 6) is -0.192. The predicted octanol–water partition coefficient (Wildman–Crippen LogP) is 2.04. The van der Waals surface area contributed by atoms with Crippen LogP contribution in [0.1, 0.15) is 36.7 Å². The molecule has 1 aliphatic rings. The van der Waals surface area contributed by atoms with Crippen molar-refractivity contribution in [2.75, 3.05) is 26.2 Å². The number of hydrogen-bond donors (Lipinski definition) is 1. The molecular formula is C14H21N3O4. The zero-order valence-corrected chi connectivity index (χ0v) is 12.2. The standard InChI is InChI=1S/C14H21N3O4/c1-2-8-16(10-11-4-3-7-15-9-11)14(18)12-5-6-13(21-12)17(19)20/h5-6,11,15H,2-4,7-10H2,1H3. The van der Waals surface area contributed by atoms with Crippen LogP contribution < -0.4 is 5.32 Å². The van der Waals surface area contributed by atoms with Gasteiger partial charge in [-0.2, -0.15) is 0 Å². The van der Waals surface area contributed by atoms with Crippen molar-refractivity contribution < 1.29 is 14.1 Å². The highest BCUT2D eigenvalue weighted by atomic mass is 16.6. The number of nitro groups is 1. The minimum Gasteiger partial charge on any atom is -0.395 e. The molecule has 1 aromatic heterocycles. The lowest BCUT2D eigenvalue weighted by molar-refractivity contribution is -0.402. The number of furan rings is 1. The summed E-state index contributed by atoms with van der Waals surface area (Å²) in [6, 6.07) is 2.60. The van der Waals surface area contributed by atoms with Crippen molar-refractivity contribution in [1.29, 1.82) is 0 Å². The molecule has 0 aromatic carbocycles. The van der Waals surface area contributed by atoms with Gasteiger partial charge in [0, 0.05) is 13.1 Å². The molecule has 1 fully saturated rings. The minimum atomic E-state index is -0.633. The molecular weight excluding hydrogens is 274 g/mol. The maximum Gasteiger partial charge on any atom is 0.433 e. The Kier molecular flexibility index (Phi) is 5.32. The lowest BCUT2D eigenvalue weighted by atomic mass is 9.99. The molecule has 2 heterocycles. The Labute approximate surface area is 123 Å². The van der Waals surface area contributed by atoms with Gasteiger partial charge >= 0.3 is 5.88 Å². The molecule has 1 N–H and O–H groups in total. The second-order valence-electron chi connectivity index (χ2n) is 5.36. The Morgan fingerprint density at radius 1 is 1.57 bits per heavy atom. The van der Waals surface area contributed by atoms with Gasteiger partial charge in [-0.3, -0.25) is 14.9 Å². The maximum absolute atomic E-state index is 12.4. The third kappa shape index (κ3) is 4.04. The molecule has 0 bridgehead atoms. The average Bonchev–Trinajstić information content (AvgIpc) is 2.97. The fourth-order valence-electron chi connectivity index (χ4n) is 2.63. The molecule has 0 aliphatic carbocycles. The summed E-state index contributed by atoms with van der Waals surface area (Å²) < 4.78 is 5.02. The fourth-order valence-corrected chi connectivity index (χ4v) is 2.63. The van der Waals surface area contributed by atoms with Crippen LogP contribution in [-0.2, 0) is 0 Å². The zero-order chi connectivity index (χ0) is 15.2. The van der Waals surface area contributed by atoms with Crippen LogP contribution in [-0.4, -0.2) is 41.9 Å². The van der Waals surface area contributed by atoms with E-state index in [4.69, 9.17) is 4.42 Å². The van der Waals surface area contributed by atoms with Crippen molar-refractivity contribution in [3.8, 4) is 0 Å². The first-order valence-electron chi connectivity index (χ1n) is 7.36. The van der Waals surface area contributed by atoms with Gasteiger partial charge in [0.2, 0.25) is 0 Å². The van der Waals surface area contributed by atoms with Crippen molar-refractivity contribution in [2.45, 2.75) is 26.2 Å². The van der Waals surface area contributed by atoms with Crippen molar-refractivity contribution in [2.24, 2.45) is 5.92 Å². The smallest absolute Gasteiger partial charge is 0.395 e. The molecule has 7 heteroatoms. The van der Waals surface area contributed by atoms with E-state index in [2.05, 4.69) is 5.32 Å². The van der Waals surface area contributed by atoms with E-state index in [9.17, 15) is 14.9 Å². The fraction of sp³-hybridized carbons (Fsp3) is 0.643. The summed E-state index contributed by atoms with van der Waals surface area (Å²) in [4.78, 5) is 24.2. The second-order valence-corrected chi connectivity index (χ2v) is 5.36. The molecule has 1 amide bonds. The first kappa shape index (κ1) is 15.5. The highest BCUT2D eigenvalue weighted by Gasteiger charge is 2.25. The van der Waals surface area contributed by atoms with Gasteiger partial charge in [0.15, 0.2) is 5.76 Å². The van der Waals surface area contributed by atoms with E-state index in [1.807, 2.05) is 6.92 Å². The minimum absolute atomic E-state index is 0.0407. The topological polar surface area (TPSA) is 88.6 Å². The van der Waals surface area contributed by atoms with Gasteiger partial charge in [0.05, 0.1) is 6.07 Å². The Bertz CT molecular complexity index is 494. The van der Waals surface area contributed by atoms with Crippen LogP contribution in [0.15, 0.2) is 16.5 Å². The van der Waals surface area contributed by atoms with E-state index < -0.39 is 10.8 Å². The summed E-state index contributed by atoms with van der Waals surface area (Å²) in [5, 5.41) is 14.0. The molecule has 1 atom stereocenters. The third-order valence-electron chi connectivity index (χ3n) is 3.64. The van der Waals surface area contributed by atoms with Gasteiger partial charge in [-0.15, -0.1) is 0 Å². The number of hydrogen-bond acceptors (Lipinski definition) is 5. The summed E-state index contributed by atoms with van der Waals surface area (Å²) in [6.07, 6.45) is 3.05. The van der Waals surface area contributed by atoms with Crippen molar-refractivity contribution >= 4 is 11.8 Å². The van der Waals surface area contributed by atoms with E-state index in [0.29, 0.717) is 19.0 Å². The highest BCUT2D eigenvalue weighted by molar-refractivity contribution is 5.91. The highest BCUT2D eigenvalue weighted by Crippen LogP contribution is 2.19. The number of carbonyl (C=O) groups is 1. The van der Waals surface area contributed by atoms with Gasteiger partial charge in [-0.1, -0.05) is 6.92 Å². The normalized spacial score (nSPS) is 18.4. The number of piperidine rings is 1. The molecule has 0 spiro atoms. The van der Waals surface area contributed by atoms with E-state index in [1.165, 1.54) is 12.1 Å². The molecule has 1 saturated heterocycles. The Hall–Kier alpha value is -1.89. The number of nitrogens with zero attached hydrogens (tertiary/aromatic N) is 2. The zero-order valence-electron chi connectivity index (χ0n) is 12.2. The van der Waals surface area contributed by atoms with Crippen LogP contribution >= 0.6 is 0 Å². The van der Waals surface area contributed by atoms with Crippen molar-refractivity contribution in [3.05, 3.63) is 28.0 Å². The number of carbonyl (C=O) groups excluding carboxylic acids is 1. The number of nitrogens with one attached hydrogen (secondary N) is 1. The Balaban J connectivity index is 2.04. The molecule has 21 heavy (non-hydrogen) atoms. The van der Waals surface area contributed by atoms with Crippen LogP contribution in [0.4, 0.5) is 5.88 Å². The monoisotopic (exact) mass is 295 g/mol. The summed E-state index contributed by atoms with van der Waals surface area (Å²) in [5.41, 5.74) is 0. The molecule has 2 rings (SSSR count). The first-order valence-corrected chi connectivity index (χ1v) is 7.36. The second kappa shape index (κ2) is 7.21. The lowest BCUT2D eigenvalue weighted by Gasteiger charge is -2.29. The van der Waals surface area contributed by atoms with E-state index in [1.54, 1.807) is 4.90 Å². The van der Waals surface area contributed by atoms with E-state index in [-0.39, 0.29) is 11.7 Å². The van der Waals surface area contributed by atoms with Crippen LogP contribution in [0.3, 0.4) is 0 Å². The quantitative estimate of drug-likeness (QED) is 0.641. The Morgan fingerprint density at radius 2 is 2.38 bits per heavy atom. The van der Waals surface area contributed by atoms with Crippen LogP contribution in [0.2, 0.25) is 0 Å². The number of amides is 1. The van der Waals surface area contributed by atoms with Gasteiger partial charge < -0.3 is 14.6 Å². The van der Waals surface area contributed by atoms with Crippen molar-refractivity contribution in [1.82, 2.24) is 10.2 Å². The molecule has 1 unspecified atom stereocenters. The first-order chi connectivity index (χ1) is 10.1. The van der Waals surface area contributed by atoms with Crippen LogP contribution in [0.5, 0.6) is 0 Å². The SMILES string of the molecule is CCCN(CC1CCCNC1)C(=O)c1ccc([N+](=O)[O-])o1. The number of rotatable bonds is 6. The predicted molar refractivity (Wildman–Crippen MR) is 77.2 cm³/mol. The molecule has 0 radical (unpaired) electrons. The largest absolute Gasteiger partial charge is 0.433 e. The summed E-state index contributed by atoms with van der Waals surface area (Å²) in [6.45, 7) is 5.23. The van der Waals surface area contributed by atoms with Crippen LogP contribution in [0.25, 0.3) is 0 Å². The summed E-state index contributed by atoms with van der Waals surface area (Å²) in [7, 11) is 0. The van der Waals surface area contributed by atoms with Crippen molar-refractivity contribution in [3.63, 3.8) is 0 Å². The summed E-state index contributed by atoms with van der Waals surface area (Å²) >= 11 is 0. The van der Waals surface area contributed by atoms with Crippen LogP contribution in [0, 0.1) is 16.0 Å². The van der Waals surface area contributed by atoms with Gasteiger partial charge in [0.1, 0.15) is 4.92 Å². The Morgan fingerprint density at radius 3 is 2.95 bits per heavy atom. The molecule has 0 saturated carbocycles. The molecule has 1 aromatic rings. The van der Waals surface area contributed by atoms with Gasteiger partial charge in [-0.05, 0) is 44.3 Å². The lowest BCUT2D eigenvalue weighted by Crippen LogP contribution is -2.41.